The van der Waals surface area contributed by atoms with E-state index in [4.69, 9.17) is 9.47 Å². The predicted octanol–water partition coefficient (Wildman–Crippen LogP) is 1.85. The second kappa shape index (κ2) is 8.54. The molecule has 2 rings (SSSR count). The van der Waals surface area contributed by atoms with Gasteiger partial charge in [0.15, 0.2) is 6.61 Å². The van der Waals surface area contributed by atoms with Crippen LogP contribution in [0.5, 0.6) is 5.75 Å². The van der Waals surface area contributed by atoms with Crippen molar-refractivity contribution in [3.63, 3.8) is 0 Å². The Hall–Kier alpha value is -3.07. The molecule has 2 aromatic rings. The molecule has 27 heavy (non-hydrogen) atoms. The van der Waals surface area contributed by atoms with Gasteiger partial charge in [-0.3, -0.25) is 4.31 Å². The predicted molar refractivity (Wildman–Crippen MR) is 97.3 cm³/mol. The summed E-state index contributed by atoms with van der Waals surface area (Å²) in [5.41, 5.74) is 0.428. The molecule has 0 N–H and O–H groups in total. The Morgan fingerprint density at radius 2 is 1.70 bits per heavy atom. The number of sulfonamides is 1. The minimum Gasteiger partial charge on any atom is -0.497 e. The van der Waals surface area contributed by atoms with Gasteiger partial charge < -0.3 is 14.2 Å². The number of rotatable bonds is 7. The third kappa shape index (κ3) is 4.76. The van der Waals surface area contributed by atoms with Gasteiger partial charge in [-0.1, -0.05) is 6.07 Å². The monoisotopic (exact) mass is 393 g/mol. The van der Waals surface area contributed by atoms with Crippen LogP contribution >= 0.6 is 0 Å². The van der Waals surface area contributed by atoms with Crippen LogP contribution in [0.2, 0.25) is 0 Å². The second-order valence-corrected chi connectivity index (χ2v) is 7.32. The highest BCUT2D eigenvalue weighted by Gasteiger charge is 2.23. The lowest BCUT2D eigenvalue weighted by Crippen LogP contribution is -2.26. The molecular weight excluding hydrogens is 374 g/mol. The van der Waals surface area contributed by atoms with Crippen molar-refractivity contribution in [2.75, 3.05) is 32.2 Å². The van der Waals surface area contributed by atoms with Crippen LogP contribution in [0.25, 0.3) is 0 Å². The van der Waals surface area contributed by atoms with Crippen molar-refractivity contribution in [2.45, 2.75) is 4.90 Å². The summed E-state index contributed by atoms with van der Waals surface area (Å²) in [6.07, 6.45) is 0. The molecule has 8 nitrogen and oxygen atoms in total. The lowest BCUT2D eigenvalue weighted by Gasteiger charge is -2.20. The summed E-state index contributed by atoms with van der Waals surface area (Å²) in [7, 11) is 0.171. The van der Waals surface area contributed by atoms with E-state index in [-0.39, 0.29) is 10.5 Å². The molecule has 0 atom stereocenters. The van der Waals surface area contributed by atoms with Crippen LogP contribution in [0.3, 0.4) is 0 Å². The van der Waals surface area contributed by atoms with Crippen molar-refractivity contribution in [2.24, 2.45) is 0 Å². The first-order chi connectivity index (χ1) is 12.8. The molecule has 0 radical (unpaired) electrons. The zero-order valence-electron chi connectivity index (χ0n) is 15.0. The van der Waals surface area contributed by atoms with Crippen LogP contribution in [-0.2, 0) is 24.3 Å². The first kappa shape index (κ1) is 20.2. The first-order valence-corrected chi connectivity index (χ1v) is 9.20. The summed E-state index contributed by atoms with van der Waals surface area (Å²) in [4.78, 5) is 23.0. The number of carbonyl (C=O) groups excluding carboxylic acids is 2. The molecule has 144 valence electrons. The quantitative estimate of drug-likeness (QED) is 0.662. The molecule has 0 aliphatic rings. The number of anilines is 1. The molecule has 0 saturated carbocycles. The maximum Gasteiger partial charge on any atom is 0.344 e. The van der Waals surface area contributed by atoms with E-state index >= 15 is 0 Å². The Kier molecular flexibility index (Phi) is 6.40. The van der Waals surface area contributed by atoms with Crippen LogP contribution in [0, 0.1) is 0 Å². The van der Waals surface area contributed by atoms with Gasteiger partial charge in [0.1, 0.15) is 5.75 Å². The Morgan fingerprint density at radius 1 is 1.04 bits per heavy atom. The van der Waals surface area contributed by atoms with E-state index in [9.17, 15) is 18.0 Å². The van der Waals surface area contributed by atoms with E-state index in [0.717, 1.165) is 4.31 Å². The number of benzene rings is 2. The van der Waals surface area contributed by atoms with Gasteiger partial charge in [-0.2, -0.15) is 0 Å². The zero-order valence-corrected chi connectivity index (χ0v) is 15.9. The highest BCUT2D eigenvalue weighted by atomic mass is 32.2. The molecule has 0 saturated heterocycles. The number of esters is 2. The standard InChI is InChI=1S/C18H19NO7S/c1-19(14-7-9-15(24-2)10-8-14)27(22,23)16-6-4-5-13(11-16)18(21)26-12-17(20)25-3/h4-11H,12H2,1-3H3. The molecule has 0 spiro atoms. The SMILES string of the molecule is COC(=O)COC(=O)c1cccc(S(=O)(=O)N(C)c2ccc(OC)cc2)c1. The van der Waals surface area contributed by atoms with Crippen molar-refractivity contribution in [1.82, 2.24) is 0 Å². The van der Waals surface area contributed by atoms with Crippen LogP contribution in [0.15, 0.2) is 53.4 Å². The number of hydrogen-bond donors (Lipinski definition) is 0. The van der Waals surface area contributed by atoms with E-state index in [1.54, 1.807) is 24.3 Å². The fourth-order valence-corrected chi connectivity index (χ4v) is 3.38. The summed E-state index contributed by atoms with van der Waals surface area (Å²) in [5, 5.41) is 0. The van der Waals surface area contributed by atoms with Crippen molar-refractivity contribution in [1.29, 1.82) is 0 Å². The Balaban J connectivity index is 2.25. The third-order valence-electron chi connectivity index (χ3n) is 3.71. The minimum absolute atomic E-state index is 0.00288. The number of ether oxygens (including phenoxy) is 3. The summed E-state index contributed by atoms with van der Waals surface area (Å²) >= 11 is 0. The smallest absolute Gasteiger partial charge is 0.344 e. The van der Waals surface area contributed by atoms with E-state index in [1.807, 2.05) is 0 Å². The summed E-state index contributed by atoms with van der Waals surface area (Å²) in [6, 6.07) is 11.9. The Labute approximate surface area is 157 Å². The Morgan fingerprint density at radius 3 is 2.30 bits per heavy atom. The molecule has 0 aromatic heterocycles. The van der Waals surface area contributed by atoms with E-state index in [2.05, 4.69) is 4.74 Å². The van der Waals surface area contributed by atoms with E-state index in [0.29, 0.717) is 11.4 Å². The van der Waals surface area contributed by atoms with Crippen molar-refractivity contribution in [3.05, 3.63) is 54.1 Å². The molecule has 0 aliphatic heterocycles. The van der Waals surface area contributed by atoms with Crippen molar-refractivity contribution in [3.8, 4) is 5.75 Å². The maximum atomic E-state index is 12.8. The lowest BCUT2D eigenvalue weighted by atomic mass is 10.2. The van der Waals surface area contributed by atoms with Gasteiger partial charge in [0.2, 0.25) is 0 Å². The van der Waals surface area contributed by atoms with Gasteiger partial charge in [0.25, 0.3) is 10.0 Å². The van der Waals surface area contributed by atoms with E-state index < -0.39 is 28.6 Å². The first-order valence-electron chi connectivity index (χ1n) is 7.76. The molecule has 2 aromatic carbocycles. The van der Waals surface area contributed by atoms with Crippen molar-refractivity contribution >= 4 is 27.6 Å². The van der Waals surface area contributed by atoms with Crippen LogP contribution in [0.4, 0.5) is 5.69 Å². The molecule has 9 heteroatoms. The molecule has 0 amide bonds. The van der Waals surface area contributed by atoms with Crippen LogP contribution in [-0.4, -0.2) is 48.2 Å². The molecule has 0 aliphatic carbocycles. The summed E-state index contributed by atoms with van der Waals surface area (Å²) in [6.45, 7) is -0.557. The molecule has 0 bridgehead atoms. The number of nitrogens with zero attached hydrogens (tertiary/aromatic N) is 1. The fourth-order valence-electron chi connectivity index (χ4n) is 2.14. The molecule has 0 fully saturated rings. The number of hydrogen-bond acceptors (Lipinski definition) is 7. The second-order valence-electron chi connectivity index (χ2n) is 5.35. The number of methoxy groups -OCH3 is 2. The lowest BCUT2D eigenvalue weighted by molar-refractivity contribution is -0.144. The average molecular weight is 393 g/mol. The van der Waals surface area contributed by atoms with Crippen LogP contribution in [0.1, 0.15) is 10.4 Å². The normalized spacial score (nSPS) is 10.8. The zero-order chi connectivity index (χ0) is 20.0. The van der Waals surface area contributed by atoms with E-state index in [1.165, 1.54) is 45.5 Å². The summed E-state index contributed by atoms with van der Waals surface area (Å²) < 4.78 is 41.0. The van der Waals surface area contributed by atoms with Gasteiger partial charge in [-0.05, 0) is 42.5 Å². The Bertz CT molecular complexity index is 923. The minimum atomic E-state index is -3.91. The largest absolute Gasteiger partial charge is 0.497 e. The average Bonchev–Trinajstić information content (AvgIpc) is 2.71. The topological polar surface area (TPSA) is 99.2 Å². The van der Waals surface area contributed by atoms with Gasteiger partial charge >= 0.3 is 11.9 Å². The van der Waals surface area contributed by atoms with Gasteiger partial charge in [-0.25, -0.2) is 18.0 Å². The molecular formula is C18H19NO7S. The maximum absolute atomic E-state index is 12.8. The fraction of sp³-hybridized carbons (Fsp3) is 0.222. The van der Waals surface area contributed by atoms with Crippen molar-refractivity contribution < 1.29 is 32.2 Å². The third-order valence-corrected chi connectivity index (χ3v) is 5.49. The summed E-state index contributed by atoms with van der Waals surface area (Å²) in [5.74, 6) is -0.948. The van der Waals surface area contributed by atoms with Crippen LogP contribution < -0.4 is 9.04 Å². The highest BCUT2D eigenvalue weighted by molar-refractivity contribution is 7.92. The number of carbonyl (C=O) groups is 2. The highest BCUT2D eigenvalue weighted by Crippen LogP contribution is 2.24. The van der Waals surface area contributed by atoms with Gasteiger partial charge in [0, 0.05) is 7.05 Å². The van der Waals surface area contributed by atoms with Gasteiger partial charge in [-0.15, -0.1) is 0 Å². The molecule has 0 heterocycles. The molecule has 0 unspecified atom stereocenters. The van der Waals surface area contributed by atoms with Gasteiger partial charge in [0.05, 0.1) is 30.4 Å².